The van der Waals surface area contributed by atoms with Gasteiger partial charge in [-0.3, -0.25) is 9.59 Å². The van der Waals surface area contributed by atoms with E-state index in [1.807, 2.05) is 32.0 Å². The van der Waals surface area contributed by atoms with Gasteiger partial charge in [0.15, 0.2) is 6.10 Å². The fraction of sp³-hybridized carbons (Fsp3) is 0.286. The maximum atomic E-state index is 11.6. The van der Waals surface area contributed by atoms with Crippen LogP contribution < -0.4 is 0 Å². The number of carbonyl (C=O) groups excluding carboxylic acids is 1. The first-order valence-electron chi connectivity index (χ1n) is 5.97. The number of carboxylic acid groups (broad SMARTS) is 1. The largest absolute Gasteiger partial charge is 0.481 e. The van der Waals surface area contributed by atoms with Gasteiger partial charge in [-0.2, -0.15) is 0 Å². The second-order valence-electron chi connectivity index (χ2n) is 4.37. The van der Waals surface area contributed by atoms with Gasteiger partial charge in [-0.25, -0.2) is 0 Å². The molecule has 1 N–H and O–H groups in total. The third-order valence-corrected chi connectivity index (χ3v) is 5.03. The van der Waals surface area contributed by atoms with Gasteiger partial charge < -0.3 is 9.84 Å². The Labute approximate surface area is 124 Å². The Bertz CT molecular complexity index is 614. The normalized spacial score (nSPS) is 13.7. The Hall–Kier alpha value is -1.66. The standard InChI is InChI=1S/C14H14O4S2/c1-8-3-5-10(19-8)12(14(16)17)13(18-7-15)11-6-4-9(2)20-11/h3-7,12-13H,1-2H3,(H,16,17). The van der Waals surface area contributed by atoms with Crippen molar-refractivity contribution in [3.63, 3.8) is 0 Å². The van der Waals surface area contributed by atoms with Crippen molar-refractivity contribution in [3.8, 4) is 0 Å². The molecule has 20 heavy (non-hydrogen) atoms. The summed E-state index contributed by atoms with van der Waals surface area (Å²) in [6, 6.07) is 7.35. The summed E-state index contributed by atoms with van der Waals surface area (Å²) in [5, 5.41) is 9.52. The molecule has 0 aliphatic carbocycles. The van der Waals surface area contributed by atoms with Gasteiger partial charge in [0, 0.05) is 19.5 Å². The fourth-order valence-electron chi connectivity index (χ4n) is 2.00. The van der Waals surface area contributed by atoms with Crippen LogP contribution >= 0.6 is 22.7 Å². The van der Waals surface area contributed by atoms with Crippen LogP contribution in [0.25, 0.3) is 0 Å². The molecular formula is C14H14O4S2. The van der Waals surface area contributed by atoms with Gasteiger partial charge in [-0.1, -0.05) is 0 Å². The molecule has 2 heterocycles. The lowest BCUT2D eigenvalue weighted by Crippen LogP contribution is -2.20. The van der Waals surface area contributed by atoms with Crippen molar-refractivity contribution in [2.45, 2.75) is 25.9 Å². The van der Waals surface area contributed by atoms with Crippen molar-refractivity contribution >= 4 is 35.1 Å². The minimum absolute atomic E-state index is 0.316. The summed E-state index contributed by atoms with van der Waals surface area (Å²) in [6.45, 7) is 4.16. The van der Waals surface area contributed by atoms with Gasteiger partial charge in [0.05, 0.1) is 0 Å². The zero-order valence-corrected chi connectivity index (χ0v) is 12.7. The molecule has 2 unspecified atom stereocenters. The van der Waals surface area contributed by atoms with Crippen molar-refractivity contribution < 1.29 is 19.4 Å². The Morgan fingerprint density at radius 3 is 2.10 bits per heavy atom. The number of carbonyl (C=O) groups is 2. The topological polar surface area (TPSA) is 63.6 Å². The molecule has 0 aromatic carbocycles. The predicted octanol–water partition coefficient (Wildman–Crippen LogP) is 3.51. The Kier molecular flexibility index (Phi) is 4.57. The highest BCUT2D eigenvalue weighted by Crippen LogP contribution is 2.39. The van der Waals surface area contributed by atoms with Crippen LogP contribution in [0.1, 0.15) is 31.5 Å². The summed E-state index contributed by atoms with van der Waals surface area (Å²) in [6.07, 6.45) is -0.790. The van der Waals surface area contributed by atoms with E-state index in [-0.39, 0.29) is 0 Å². The molecule has 0 amide bonds. The van der Waals surface area contributed by atoms with E-state index in [1.54, 1.807) is 6.07 Å². The molecule has 0 spiro atoms. The van der Waals surface area contributed by atoms with Gasteiger partial charge in [0.2, 0.25) is 0 Å². The first-order valence-corrected chi connectivity index (χ1v) is 7.61. The van der Waals surface area contributed by atoms with Gasteiger partial charge in [-0.05, 0) is 38.1 Å². The molecule has 0 fully saturated rings. The zero-order chi connectivity index (χ0) is 14.7. The molecule has 0 aliphatic heterocycles. The van der Waals surface area contributed by atoms with Gasteiger partial charge in [-0.15, -0.1) is 22.7 Å². The van der Waals surface area contributed by atoms with Crippen LogP contribution in [0.5, 0.6) is 0 Å². The second kappa shape index (κ2) is 6.19. The molecule has 2 aromatic rings. The first-order chi connectivity index (χ1) is 9.52. The van der Waals surface area contributed by atoms with Crippen LogP contribution in [0.15, 0.2) is 24.3 Å². The second-order valence-corrected chi connectivity index (χ2v) is 7.00. The lowest BCUT2D eigenvalue weighted by molar-refractivity contribution is -0.146. The molecule has 2 atom stereocenters. The molecule has 2 aromatic heterocycles. The van der Waals surface area contributed by atoms with Crippen LogP contribution in [0, 0.1) is 13.8 Å². The quantitative estimate of drug-likeness (QED) is 0.829. The van der Waals surface area contributed by atoms with E-state index >= 15 is 0 Å². The van der Waals surface area contributed by atoms with E-state index < -0.39 is 18.0 Å². The highest BCUT2D eigenvalue weighted by atomic mass is 32.1. The molecule has 6 heteroatoms. The number of ether oxygens (including phenoxy) is 1. The van der Waals surface area contributed by atoms with E-state index in [0.717, 1.165) is 14.6 Å². The summed E-state index contributed by atoms with van der Waals surface area (Å²) in [7, 11) is 0. The number of hydrogen-bond acceptors (Lipinski definition) is 5. The third-order valence-electron chi connectivity index (χ3n) is 2.88. The summed E-state index contributed by atoms with van der Waals surface area (Å²) in [5.41, 5.74) is 0. The van der Waals surface area contributed by atoms with E-state index in [2.05, 4.69) is 0 Å². The minimum atomic E-state index is -0.996. The summed E-state index contributed by atoms with van der Waals surface area (Å²) in [5.74, 6) is -1.87. The van der Waals surface area contributed by atoms with Crippen LogP contribution in [-0.2, 0) is 14.3 Å². The average Bonchev–Trinajstić information content (AvgIpc) is 2.97. The van der Waals surface area contributed by atoms with Crippen molar-refractivity contribution in [3.05, 3.63) is 43.8 Å². The molecular weight excluding hydrogens is 296 g/mol. The van der Waals surface area contributed by atoms with E-state index in [4.69, 9.17) is 4.74 Å². The van der Waals surface area contributed by atoms with Crippen molar-refractivity contribution in [2.24, 2.45) is 0 Å². The monoisotopic (exact) mass is 310 g/mol. The van der Waals surface area contributed by atoms with Crippen LogP contribution in [0.4, 0.5) is 0 Å². The summed E-state index contributed by atoms with van der Waals surface area (Å²) >= 11 is 2.85. The first kappa shape index (κ1) is 14.7. The molecule has 4 nitrogen and oxygen atoms in total. The van der Waals surface area contributed by atoms with E-state index in [1.165, 1.54) is 22.7 Å². The lowest BCUT2D eigenvalue weighted by atomic mass is 9.99. The Morgan fingerprint density at radius 2 is 1.70 bits per heavy atom. The Balaban J connectivity index is 2.42. The number of thiophene rings is 2. The maximum Gasteiger partial charge on any atom is 0.316 e. The molecule has 0 saturated carbocycles. The van der Waals surface area contributed by atoms with Crippen LogP contribution in [-0.4, -0.2) is 17.5 Å². The van der Waals surface area contributed by atoms with Gasteiger partial charge >= 0.3 is 5.97 Å². The number of aliphatic carboxylic acids is 1. The number of rotatable bonds is 6. The van der Waals surface area contributed by atoms with Crippen LogP contribution in [0.3, 0.4) is 0 Å². The fourth-order valence-corrected chi connectivity index (χ4v) is 3.94. The predicted molar refractivity (Wildman–Crippen MR) is 78.4 cm³/mol. The van der Waals surface area contributed by atoms with Gasteiger partial charge in [0.25, 0.3) is 6.47 Å². The van der Waals surface area contributed by atoms with E-state index in [9.17, 15) is 14.7 Å². The molecule has 0 bridgehead atoms. The molecule has 0 saturated heterocycles. The summed E-state index contributed by atoms with van der Waals surface area (Å²) < 4.78 is 5.08. The third kappa shape index (κ3) is 3.08. The smallest absolute Gasteiger partial charge is 0.316 e. The average molecular weight is 310 g/mol. The van der Waals surface area contributed by atoms with Crippen molar-refractivity contribution in [1.29, 1.82) is 0 Å². The number of hydrogen-bond donors (Lipinski definition) is 1. The highest BCUT2D eigenvalue weighted by Gasteiger charge is 2.34. The van der Waals surface area contributed by atoms with Gasteiger partial charge in [0.1, 0.15) is 5.92 Å². The minimum Gasteiger partial charge on any atom is -0.481 e. The highest BCUT2D eigenvalue weighted by molar-refractivity contribution is 7.12. The van der Waals surface area contributed by atoms with E-state index in [0.29, 0.717) is 11.3 Å². The molecule has 0 aliphatic rings. The lowest BCUT2D eigenvalue weighted by Gasteiger charge is -2.20. The van der Waals surface area contributed by atoms with Crippen LogP contribution in [0.2, 0.25) is 0 Å². The van der Waals surface area contributed by atoms with Crippen molar-refractivity contribution in [2.75, 3.05) is 0 Å². The number of carboxylic acids is 1. The number of aryl methyl sites for hydroxylation is 2. The maximum absolute atomic E-state index is 11.6. The molecule has 106 valence electrons. The Morgan fingerprint density at radius 1 is 1.15 bits per heavy atom. The molecule has 2 rings (SSSR count). The zero-order valence-electron chi connectivity index (χ0n) is 11.0. The summed E-state index contributed by atoms with van der Waals surface area (Å²) in [4.78, 5) is 25.9. The molecule has 0 radical (unpaired) electrons. The van der Waals surface area contributed by atoms with Crippen molar-refractivity contribution in [1.82, 2.24) is 0 Å². The SMILES string of the molecule is Cc1ccc(C(OC=O)C(C(=O)O)c2ccc(C)s2)s1.